The van der Waals surface area contributed by atoms with Crippen LogP contribution in [0, 0.1) is 0 Å². The van der Waals surface area contributed by atoms with Gasteiger partial charge >= 0.3 is 0 Å². The number of rotatable bonds is 2. The summed E-state index contributed by atoms with van der Waals surface area (Å²) in [5.41, 5.74) is 8.89. The van der Waals surface area contributed by atoms with Gasteiger partial charge in [0.2, 0.25) is 11.6 Å². The number of anilines is 2. The van der Waals surface area contributed by atoms with Gasteiger partial charge in [-0.3, -0.25) is 14.7 Å². The zero-order chi connectivity index (χ0) is 21.2. The van der Waals surface area contributed by atoms with Gasteiger partial charge in [-0.1, -0.05) is 54.1 Å². The van der Waals surface area contributed by atoms with Gasteiger partial charge in [0, 0.05) is 10.6 Å². The molecule has 8 heteroatoms. The van der Waals surface area contributed by atoms with E-state index in [-0.39, 0.29) is 11.9 Å². The van der Waals surface area contributed by atoms with Gasteiger partial charge in [-0.2, -0.15) is 0 Å². The average Bonchev–Trinajstić information content (AvgIpc) is 3.25. The smallest absolute Gasteiger partial charge is 0.281 e. The molecule has 2 aliphatic rings. The van der Waals surface area contributed by atoms with Crippen LogP contribution in [0.25, 0.3) is 11.0 Å². The summed E-state index contributed by atoms with van der Waals surface area (Å²) in [4.78, 5) is 25.2. The van der Waals surface area contributed by atoms with Crippen molar-refractivity contribution in [1.82, 2.24) is 9.55 Å². The van der Waals surface area contributed by atoms with Crippen molar-refractivity contribution >= 4 is 46.1 Å². The van der Waals surface area contributed by atoms with Gasteiger partial charge in [0.05, 0.1) is 23.3 Å². The largest absolute Gasteiger partial charge is 0.370 e. The summed E-state index contributed by atoms with van der Waals surface area (Å²) < 4.78 is 1.85. The summed E-state index contributed by atoms with van der Waals surface area (Å²) in [6, 6.07) is 22.8. The highest BCUT2D eigenvalue weighted by atomic mass is 35.5. The number of hydrogen-bond acceptors (Lipinski definition) is 5. The Hall–Kier alpha value is -3.84. The third kappa shape index (κ3) is 2.44. The molecule has 3 aromatic carbocycles. The Balaban J connectivity index is 1.60. The van der Waals surface area contributed by atoms with E-state index in [1.165, 1.54) is 0 Å². The van der Waals surface area contributed by atoms with Crippen LogP contribution in [-0.2, 0) is 17.0 Å². The number of nitrogens with two attached hydrogens (primary N) is 1. The Labute approximate surface area is 182 Å². The van der Waals surface area contributed by atoms with Crippen LogP contribution in [0.3, 0.4) is 0 Å². The number of aromatic nitrogens is 2. The lowest BCUT2D eigenvalue weighted by atomic mass is 10.00. The van der Waals surface area contributed by atoms with E-state index < -0.39 is 5.66 Å². The minimum Gasteiger partial charge on any atom is -0.370 e. The molecule has 4 aromatic rings. The minimum absolute atomic E-state index is 0.152. The molecule has 7 nitrogen and oxygen atoms in total. The summed E-state index contributed by atoms with van der Waals surface area (Å²) in [7, 11) is 0. The van der Waals surface area contributed by atoms with Gasteiger partial charge in [-0.25, -0.2) is 9.98 Å². The molecule has 0 aliphatic carbocycles. The summed E-state index contributed by atoms with van der Waals surface area (Å²) in [5, 5.41) is 3.67. The predicted octanol–water partition coefficient (Wildman–Crippen LogP) is 3.68. The third-order valence-electron chi connectivity index (χ3n) is 5.77. The van der Waals surface area contributed by atoms with Crippen molar-refractivity contribution in [3.63, 3.8) is 0 Å². The Morgan fingerprint density at radius 3 is 2.58 bits per heavy atom. The Morgan fingerprint density at radius 2 is 1.74 bits per heavy atom. The standard InChI is InChI=1S/C23H17ClN6O/c24-15-11-9-14(10-12-15)13-29-18-7-3-1-5-16(18)23(20(29)31)28-21(25)27-22-26-17-6-2-4-8-19(17)30(22)23/h1-12H,13H2,(H3,25,26,27,28). The molecular formula is C23H17ClN6O. The van der Waals surface area contributed by atoms with Crippen LogP contribution in [0.15, 0.2) is 77.8 Å². The Morgan fingerprint density at radius 1 is 1.00 bits per heavy atom. The summed E-state index contributed by atoms with van der Waals surface area (Å²) in [5.74, 6) is 0.460. The first-order chi connectivity index (χ1) is 15.1. The number of aliphatic imine (C=N–C) groups is 1. The lowest BCUT2D eigenvalue weighted by molar-refractivity contribution is -0.124. The lowest BCUT2D eigenvalue weighted by Crippen LogP contribution is -2.49. The second kappa shape index (κ2) is 6.33. The highest BCUT2D eigenvalue weighted by molar-refractivity contribution is 6.30. The van der Waals surface area contributed by atoms with E-state index in [2.05, 4.69) is 10.3 Å². The number of nitrogens with zero attached hydrogens (tertiary/aromatic N) is 4. The molecule has 1 atom stereocenters. The first-order valence-corrected chi connectivity index (χ1v) is 10.2. The molecule has 1 spiro atoms. The van der Waals surface area contributed by atoms with Gasteiger partial charge in [0.1, 0.15) is 0 Å². The van der Waals surface area contributed by atoms with Gasteiger partial charge in [-0.15, -0.1) is 0 Å². The molecule has 6 rings (SSSR count). The van der Waals surface area contributed by atoms with Gasteiger partial charge < -0.3 is 10.6 Å². The van der Waals surface area contributed by atoms with Gasteiger partial charge in [0.15, 0.2) is 5.96 Å². The van der Waals surface area contributed by atoms with Crippen molar-refractivity contribution in [2.75, 3.05) is 10.2 Å². The van der Waals surface area contributed by atoms with Crippen molar-refractivity contribution in [2.45, 2.75) is 12.2 Å². The van der Waals surface area contributed by atoms with Crippen LogP contribution in [0.2, 0.25) is 5.02 Å². The molecule has 1 unspecified atom stereocenters. The normalized spacial score (nSPS) is 19.3. The number of fused-ring (bicyclic) bond motifs is 6. The average molecular weight is 429 g/mol. The number of carbonyl (C=O) groups excluding carboxylic acids is 1. The number of carbonyl (C=O) groups is 1. The van der Waals surface area contributed by atoms with E-state index in [9.17, 15) is 4.79 Å². The molecule has 1 amide bonds. The van der Waals surface area contributed by atoms with Gasteiger partial charge in [-0.05, 0) is 35.9 Å². The molecule has 3 heterocycles. The van der Waals surface area contributed by atoms with E-state index >= 15 is 0 Å². The topological polar surface area (TPSA) is 88.5 Å². The SMILES string of the molecule is NC1=NC2(C(=O)N(Cc3ccc(Cl)cc3)c3ccccc32)n2c(nc3ccccc32)N1. The Kier molecular flexibility index (Phi) is 3.67. The molecule has 0 saturated carbocycles. The summed E-state index contributed by atoms with van der Waals surface area (Å²) >= 11 is 6.04. The number of para-hydroxylation sites is 3. The number of amides is 1. The number of hydrogen-bond donors (Lipinski definition) is 2. The van der Waals surface area contributed by atoms with Crippen molar-refractivity contribution < 1.29 is 4.79 Å². The van der Waals surface area contributed by atoms with Crippen LogP contribution >= 0.6 is 11.6 Å². The number of imidazole rings is 1. The molecule has 31 heavy (non-hydrogen) atoms. The molecular weight excluding hydrogens is 412 g/mol. The maximum Gasteiger partial charge on any atom is 0.281 e. The fraction of sp³-hybridized carbons (Fsp3) is 0.0870. The van der Waals surface area contributed by atoms with Gasteiger partial charge in [0.25, 0.3) is 5.91 Å². The zero-order valence-corrected chi connectivity index (χ0v) is 17.0. The second-order valence-electron chi connectivity index (χ2n) is 7.59. The molecule has 152 valence electrons. The zero-order valence-electron chi connectivity index (χ0n) is 16.3. The van der Waals surface area contributed by atoms with Crippen LogP contribution in [0.5, 0.6) is 0 Å². The molecule has 2 aliphatic heterocycles. The molecule has 0 radical (unpaired) electrons. The van der Waals surface area contributed by atoms with E-state index in [0.29, 0.717) is 17.5 Å². The highest BCUT2D eigenvalue weighted by Crippen LogP contribution is 2.48. The summed E-state index contributed by atoms with van der Waals surface area (Å²) in [6.07, 6.45) is 0. The molecule has 1 aromatic heterocycles. The minimum atomic E-state index is -1.36. The quantitative estimate of drug-likeness (QED) is 0.509. The van der Waals surface area contributed by atoms with E-state index in [0.717, 1.165) is 27.8 Å². The second-order valence-corrected chi connectivity index (χ2v) is 8.03. The number of halogens is 1. The first-order valence-electron chi connectivity index (χ1n) is 9.84. The highest BCUT2D eigenvalue weighted by Gasteiger charge is 2.56. The van der Waals surface area contributed by atoms with Crippen LogP contribution < -0.4 is 16.0 Å². The summed E-state index contributed by atoms with van der Waals surface area (Å²) in [6.45, 7) is 0.388. The first kappa shape index (κ1) is 18.0. The van der Waals surface area contributed by atoms with E-state index in [1.807, 2.05) is 77.4 Å². The molecule has 0 saturated heterocycles. The number of guanidine groups is 1. The number of nitrogens with one attached hydrogen (secondary N) is 1. The van der Waals surface area contributed by atoms with Crippen LogP contribution in [-0.4, -0.2) is 21.4 Å². The maximum absolute atomic E-state index is 14.1. The maximum atomic E-state index is 14.1. The van der Waals surface area contributed by atoms with Crippen LogP contribution in [0.1, 0.15) is 11.1 Å². The third-order valence-corrected chi connectivity index (χ3v) is 6.03. The van der Waals surface area contributed by atoms with E-state index in [4.69, 9.17) is 22.3 Å². The molecule has 0 bridgehead atoms. The van der Waals surface area contributed by atoms with Crippen molar-refractivity contribution in [3.8, 4) is 0 Å². The number of benzene rings is 3. The van der Waals surface area contributed by atoms with Crippen molar-refractivity contribution in [3.05, 3.63) is 88.9 Å². The predicted molar refractivity (Wildman–Crippen MR) is 121 cm³/mol. The van der Waals surface area contributed by atoms with Crippen LogP contribution in [0.4, 0.5) is 11.6 Å². The fourth-order valence-electron chi connectivity index (χ4n) is 4.47. The van der Waals surface area contributed by atoms with Crippen molar-refractivity contribution in [2.24, 2.45) is 10.7 Å². The fourth-order valence-corrected chi connectivity index (χ4v) is 4.60. The van der Waals surface area contributed by atoms with E-state index in [1.54, 1.807) is 4.90 Å². The molecule has 3 N–H and O–H groups in total. The Bertz CT molecular complexity index is 1390. The monoisotopic (exact) mass is 428 g/mol. The molecule has 0 fully saturated rings. The lowest BCUT2D eigenvalue weighted by Gasteiger charge is -2.32. The van der Waals surface area contributed by atoms with Crippen molar-refractivity contribution in [1.29, 1.82) is 0 Å².